The number of hydrogen-bond acceptors (Lipinski definition) is 5. The van der Waals surface area contributed by atoms with E-state index in [2.05, 4.69) is 5.32 Å². The van der Waals surface area contributed by atoms with Crippen molar-refractivity contribution < 1.29 is 23.9 Å². The summed E-state index contributed by atoms with van der Waals surface area (Å²) >= 11 is 0. The highest BCUT2D eigenvalue weighted by Gasteiger charge is 2.22. The summed E-state index contributed by atoms with van der Waals surface area (Å²) in [6.45, 7) is 1.91. The van der Waals surface area contributed by atoms with Crippen molar-refractivity contribution >= 4 is 23.5 Å². The monoisotopic (exact) mass is 355 g/mol. The van der Waals surface area contributed by atoms with E-state index in [4.69, 9.17) is 9.47 Å². The smallest absolute Gasteiger partial charge is 0.339 e. The Morgan fingerprint density at radius 2 is 1.62 bits per heavy atom. The second-order valence-corrected chi connectivity index (χ2v) is 5.60. The molecule has 0 radical (unpaired) electrons. The zero-order valence-corrected chi connectivity index (χ0v) is 14.9. The molecule has 0 aromatic heterocycles. The highest BCUT2D eigenvalue weighted by molar-refractivity contribution is 6.04. The van der Waals surface area contributed by atoms with Crippen molar-refractivity contribution in [2.24, 2.45) is 0 Å². The van der Waals surface area contributed by atoms with Gasteiger partial charge in [0.15, 0.2) is 0 Å². The number of nitrogens with one attached hydrogen (secondary N) is 1. The van der Waals surface area contributed by atoms with Gasteiger partial charge in [0, 0.05) is 0 Å². The van der Waals surface area contributed by atoms with Crippen molar-refractivity contribution in [1.82, 2.24) is 0 Å². The average Bonchev–Trinajstić information content (AvgIpc) is 2.68. The number of amides is 1. The van der Waals surface area contributed by atoms with E-state index in [-0.39, 0.29) is 28.6 Å². The maximum atomic E-state index is 12.8. The number of ether oxygens (including phenoxy) is 2. The number of carbonyl (C=O) groups excluding carboxylic acids is 3. The average molecular weight is 355 g/mol. The van der Waals surface area contributed by atoms with Gasteiger partial charge in [-0.1, -0.05) is 37.3 Å². The Bertz CT molecular complexity index is 801. The first-order valence-electron chi connectivity index (χ1n) is 8.18. The standard InChI is InChI=1S/C20H21NO5/c1-4-15(13-8-6-5-7-9-13)18(22)21-17-12-14(19(23)25-2)10-11-16(17)20(24)26-3/h5-12,15H,4H2,1-3H3,(H,21,22)/t15-/m1/s1. The maximum Gasteiger partial charge on any atom is 0.339 e. The van der Waals surface area contributed by atoms with Crippen LogP contribution in [0, 0.1) is 0 Å². The molecule has 6 nitrogen and oxygen atoms in total. The Morgan fingerprint density at radius 3 is 2.19 bits per heavy atom. The van der Waals surface area contributed by atoms with Gasteiger partial charge in [-0.05, 0) is 30.2 Å². The fourth-order valence-corrected chi connectivity index (χ4v) is 2.66. The van der Waals surface area contributed by atoms with Crippen LogP contribution in [0.3, 0.4) is 0 Å². The van der Waals surface area contributed by atoms with Gasteiger partial charge in [-0.2, -0.15) is 0 Å². The lowest BCUT2D eigenvalue weighted by molar-refractivity contribution is -0.117. The van der Waals surface area contributed by atoms with E-state index >= 15 is 0 Å². The molecule has 1 N–H and O–H groups in total. The summed E-state index contributed by atoms with van der Waals surface area (Å²) in [5, 5.41) is 2.75. The van der Waals surface area contributed by atoms with Crippen molar-refractivity contribution in [3.63, 3.8) is 0 Å². The summed E-state index contributed by atoms with van der Waals surface area (Å²) in [5.74, 6) is -1.83. The Morgan fingerprint density at radius 1 is 0.962 bits per heavy atom. The van der Waals surface area contributed by atoms with Crippen molar-refractivity contribution in [3.05, 3.63) is 65.2 Å². The zero-order chi connectivity index (χ0) is 19.1. The van der Waals surface area contributed by atoms with E-state index < -0.39 is 11.9 Å². The fourth-order valence-electron chi connectivity index (χ4n) is 2.66. The summed E-state index contributed by atoms with van der Waals surface area (Å²) in [6, 6.07) is 13.6. The molecule has 26 heavy (non-hydrogen) atoms. The lowest BCUT2D eigenvalue weighted by Gasteiger charge is -2.17. The van der Waals surface area contributed by atoms with Gasteiger partial charge in [0.25, 0.3) is 0 Å². The van der Waals surface area contributed by atoms with E-state index in [1.54, 1.807) is 0 Å². The molecule has 0 bridgehead atoms. The van der Waals surface area contributed by atoms with Crippen LogP contribution in [0.25, 0.3) is 0 Å². The number of rotatable bonds is 6. The predicted octanol–water partition coefficient (Wildman–Crippen LogP) is 3.39. The second-order valence-electron chi connectivity index (χ2n) is 5.60. The van der Waals surface area contributed by atoms with Gasteiger partial charge in [0.05, 0.1) is 37.0 Å². The van der Waals surface area contributed by atoms with Gasteiger partial charge in [0.2, 0.25) is 5.91 Å². The van der Waals surface area contributed by atoms with Crippen LogP contribution in [0.5, 0.6) is 0 Å². The van der Waals surface area contributed by atoms with Crippen LogP contribution in [0.4, 0.5) is 5.69 Å². The number of hydrogen-bond donors (Lipinski definition) is 1. The maximum absolute atomic E-state index is 12.8. The minimum absolute atomic E-state index is 0.163. The SMILES string of the molecule is CC[C@@H](C(=O)Nc1cc(C(=O)OC)ccc1C(=O)OC)c1ccccc1. The molecule has 1 amide bonds. The van der Waals surface area contributed by atoms with Crippen LogP contribution in [0.2, 0.25) is 0 Å². The van der Waals surface area contributed by atoms with Crippen LogP contribution >= 0.6 is 0 Å². The molecule has 0 aliphatic heterocycles. The normalized spacial score (nSPS) is 11.3. The molecule has 0 saturated heterocycles. The topological polar surface area (TPSA) is 81.7 Å². The second kappa shape index (κ2) is 8.80. The van der Waals surface area contributed by atoms with Crippen LogP contribution in [-0.4, -0.2) is 32.1 Å². The van der Waals surface area contributed by atoms with Gasteiger partial charge < -0.3 is 14.8 Å². The minimum atomic E-state index is -0.607. The molecule has 0 unspecified atom stereocenters. The number of methoxy groups -OCH3 is 2. The lowest BCUT2D eigenvalue weighted by Crippen LogP contribution is -2.22. The third-order valence-electron chi connectivity index (χ3n) is 4.03. The van der Waals surface area contributed by atoms with E-state index in [1.165, 1.54) is 32.4 Å². The number of esters is 2. The molecule has 0 spiro atoms. The van der Waals surface area contributed by atoms with E-state index in [9.17, 15) is 14.4 Å². The molecule has 136 valence electrons. The Balaban J connectivity index is 2.37. The summed E-state index contributed by atoms with van der Waals surface area (Å²) in [5.41, 5.74) is 1.47. The summed E-state index contributed by atoms with van der Waals surface area (Å²) in [7, 11) is 2.51. The lowest BCUT2D eigenvalue weighted by atomic mass is 9.95. The summed E-state index contributed by atoms with van der Waals surface area (Å²) in [4.78, 5) is 36.5. The zero-order valence-electron chi connectivity index (χ0n) is 14.9. The van der Waals surface area contributed by atoms with Crippen molar-refractivity contribution in [3.8, 4) is 0 Å². The van der Waals surface area contributed by atoms with E-state index in [0.29, 0.717) is 6.42 Å². The molecule has 2 aromatic carbocycles. The molecule has 2 rings (SSSR count). The molecule has 1 atom stereocenters. The molecule has 0 aliphatic rings. The molecule has 0 saturated carbocycles. The van der Waals surface area contributed by atoms with Gasteiger partial charge >= 0.3 is 11.9 Å². The van der Waals surface area contributed by atoms with Gasteiger partial charge in [0.1, 0.15) is 0 Å². The molecule has 2 aromatic rings. The predicted molar refractivity (Wildman–Crippen MR) is 97.2 cm³/mol. The third kappa shape index (κ3) is 4.27. The Kier molecular flexibility index (Phi) is 6.49. The third-order valence-corrected chi connectivity index (χ3v) is 4.03. The largest absolute Gasteiger partial charge is 0.465 e. The van der Waals surface area contributed by atoms with Crippen molar-refractivity contribution in [2.45, 2.75) is 19.3 Å². The van der Waals surface area contributed by atoms with Crippen LogP contribution in [-0.2, 0) is 14.3 Å². The quantitative estimate of drug-likeness (QED) is 0.803. The first kappa shape index (κ1) is 19.2. The molecule has 0 heterocycles. The number of anilines is 1. The molecule has 0 aliphatic carbocycles. The fraction of sp³-hybridized carbons (Fsp3) is 0.250. The van der Waals surface area contributed by atoms with Gasteiger partial charge in [-0.3, -0.25) is 4.79 Å². The van der Waals surface area contributed by atoms with Crippen LogP contribution in [0.15, 0.2) is 48.5 Å². The number of carbonyl (C=O) groups is 3. The van der Waals surface area contributed by atoms with Crippen molar-refractivity contribution in [1.29, 1.82) is 0 Å². The van der Waals surface area contributed by atoms with Crippen LogP contribution < -0.4 is 5.32 Å². The van der Waals surface area contributed by atoms with Gasteiger partial charge in [-0.25, -0.2) is 9.59 Å². The first-order chi connectivity index (χ1) is 12.5. The van der Waals surface area contributed by atoms with Crippen LogP contribution in [0.1, 0.15) is 45.5 Å². The Labute approximate surface area is 152 Å². The molecular weight excluding hydrogens is 334 g/mol. The molecule has 6 heteroatoms. The summed E-state index contributed by atoms with van der Waals surface area (Å²) < 4.78 is 9.44. The van der Waals surface area contributed by atoms with E-state index in [1.807, 2.05) is 37.3 Å². The first-order valence-corrected chi connectivity index (χ1v) is 8.18. The van der Waals surface area contributed by atoms with Gasteiger partial charge in [-0.15, -0.1) is 0 Å². The molecular formula is C20H21NO5. The highest BCUT2D eigenvalue weighted by atomic mass is 16.5. The number of benzene rings is 2. The minimum Gasteiger partial charge on any atom is -0.465 e. The van der Waals surface area contributed by atoms with E-state index in [0.717, 1.165) is 5.56 Å². The van der Waals surface area contributed by atoms with Crippen molar-refractivity contribution in [2.75, 3.05) is 19.5 Å². The summed E-state index contributed by atoms with van der Waals surface area (Å²) in [6.07, 6.45) is 0.583. The Hall–Kier alpha value is -3.15. The molecule has 0 fully saturated rings. The highest BCUT2D eigenvalue weighted by Crippen LogP contribution is 2.25.